The first kappa shape index (κ1) is 12.9. The molecule has 1 aliphatic rings. The first-order chi connectivity index (χ1) is 9.17. The van der Waals surface area contributed by atoms with Gasteiger partial charge in [0, 0.05) is 0 Å². The summed E-state index contributed by atoms with van der Waals surface area (Å²) in [6.45, 7) is 0. The van der Waals surface area contributed by atoms with Crippen molar-refractivity contribution in [2.24, 2.45) is 5.73 Å². The van der Waals surface area contributed by atoms with Crippen LogP contribution in [-0.2, 0) is 5.54 Å². The van der Waals surface area contributed by atoms with Gasteiger partial charge >= 0.3 is 0 Å². The molecule has 0 spiro atoms. The molecule has 102 valence electrons. The first-order valence-corrected chi connectivity index (χ1v) is 7.35. The van der Waals surface area contributed by atoms with Crippen LogP contribution in [0.15, 0.2) is 25.7 Å². The Morgan fingerprint density at radius 2 is 1.89 bits per heavy atom. The lowest BCUT2D eigenvalue weighted by atomic mass is 9.91. The van der Waals surface area contributed by atoms with E-state index in [9.17, 15) is 0 Å². The van der Waals surface area contributed by atoms with Crippen LogP contribution in [0.3, 0.4) is 0 Å². The Morgan fingerprint density at radius 3 is 2.53 bits per heavy atom. The molecule has 0 amide bonds. The second-order valence-corrected chi connectivity index (χ2v) is 5.88. The van der Waals surface area contributed by atoms with E-state index in [-0.39, 0.29) is 0 Å². The predicted molar refractivity (Wildman–Crippen MR) is 73.3 cm³/mol. The second kappa shape index (κ2) is 5.09. The topological polar surface area (TPSA) is 78.1 Å². The average Bonchev–Trinajstić information content (AvgIpc) is 2.97. The van der Waals surface area contributed by atoms with E-state index in [1.807, 2.05) is 0 Å². The molecule has 0 aromatic carbocycles. The van der Waals surface area contributed by atoms with Gasteiger partial charge in [-0.3, -0.25) is 0 Å². The van der Waals surface area contributed by atoms with Crippen LogP contribution < -0.4 is 5.73 Å². The summed E-state index contributed by atoms with van der Waals surface area (Å²) in [5, 5.41) is 4.05. The Labute approximate surface area is 119 Å². The lowest BCUT2D eigenvalue weighted by Gasteiger charge is -2.23. The Kier molecular flexibility index (Phi) is 3.45. The highest BCUT2D eigenvalue weighted by Crippen LogP contribution is 2.33. The van der Waals surface area contributed by atoms with E-state index < -0.39 is 5.54 Å². The van der Waals surface area contributed by atoms with E-state index in [1.54, 1.807) is 12.1 Å². The van der Waals surface area contributed by atoms with Gasteiger partial charge in [0.1, 0.15) is 0 Å². The molecule has 0 aliphatic heterocycles. The van der Waals surface area contributed by atoms with Gasteiger partial charge in [0.2, 0.25) is 0 Å². The number of halogens is 1. The lowest BCUT2D eigenvalue weighted by molar-refractivity contribution is 0.333. The van der Waals surface area contributed by atoms with E-state index in [0.29, 0.717) is 22.1 Å². The van der Waals surface area contributed by atoms with Crippen molar-refractivity contribution in [1.82, 2.24) is 10.1 Å². The Morgan fingerprint density at radius 1 is 1.16 bits per heavy atom. The molecular formula is C13H16BrN3O2. The maximum Gasteiger partial charge on any atom is 0.293 e. The van der Waals surface area contributed by atoms with Crippen molar-refractivity contribution in [1.29, 1.82) is 0 Å². The summed E-state index contributed by atoms with van der Waals surface area (Å²) < 4.78 is 11.3. The number of furan rings is 1. The second-order valence-electron chi connectivity index (χ2n) is 5.10. The molecule has 2 heterocycles. The van der Waals surface area contributed by atoms with Gasteiger partial charge in [-0.05, 0) is 40.9 Å². The molecule has 1 fully saturated rings. The summed E-state index contributed by atoms with van der Waals surface area (Å²) in [7, 11) is 0. The quantitative estimate of drug-likeness (QED) is 0.853. The molecule has 0 bridgehead atoms. The maximum absolute atomic E-state index is 6.45. The molecule has 0 saturated heterocycles. The predicted octanol–water partition coefficient (Wildman–Crippen LogP) is 3.60. The smallest absolute Gasteiger partial charge is 0.293 e. The van der Waals surface area contributed by atoms with Crippen molar-refractivity contribution in [2.75, 3.05) is 0 Å². The summed E-state index contributed by atoms with van der Waals surface area (Å²) in [5.41, 5.74) is 6.00. The van der Waals surface area contributed by atoms with E-state index in [0.717, 1.165) is 25.7 Å². The van der Waals surface area contributed by atoms with Gasteiger partial charge in [0.05, 0.1) is 5.54 Å². The third kappa shape index (κ3) is 2.60. The van der Waals surface area contributed by atoms with Crippen LogP contribution >= 0.6 is 15.9 Å². The number of nitrogens with two attached hydrogens (primary N) is 1. The molecule has 5 nitrogen and oxygen atoms in total. The van der Waals surface area contributed by atoms with Gasteiger partial charge < -0.3 is 14.7 Å². The maximum atomic E-state index is 6.45. The zero-order chi connectivity index (χ0) is 13.3. The van der Waals surface area contributed by atoms with Crippen molar-refractivity contribution < 1.29 is 8.94 Å². The highest BCUT2D eigenvalue weighted by Gasteiger charge is 2.33. The molecule has 1 saturated carbocycles. The summed E-state index contributed by atoms with van der Waals surface area (Å²) >= 11 is 3.25. The zero-order valence-electron chi connectivity index (χ0n) is 10.6. The van der Waals surface area contributed by atoms with Crippen molar-refractivity contribution in [3.8, 4) is 11.7 Å². The van der Waals surface area contributed by atoms with Crippen molar-refractivity contribution >= 4 is 15.9 Å². The van der Waals surface area contributed by atoms with Gasteiger partial charge in [0.25, 0.3) is 5.89 Å². The van der Waals surface area contributed by atoms with E-state index in [2.05, 4.69) is 26.1 Å². The van der Waals surface area contributed by atoms with Crippen LogP contribution in [0.25, 0.3) is 11.7 Å². The minimum atomic E-state index is -0.456. The summed E-state index contributed by atoms with van der Waals surface area (Å²) in [5.74, 6) is 1.54. The van der Waals surface area contributed by atoms with Crippen LogP contribution in [0.1, 0.15) is 44.3 Å². The number of hydrogen-bond donors (Lipinski definition) is 1. The Bertz CT molecular complexity index is 556. The summed E-state index contributed by atoms with van der Waals surface area (Å²) in [6, 6.07) is 3.58. The van der Waals surface area contributed by atoms with Crippen LogP contribution in [0.5, 0.6) is 0 Å². The zero-order valence-corrected chi connectivity index (χ0v) is 12.1. The molecule has 2 aromatic rings. The van der Waals surface area contributed by atoms with Crippen molar-refractivity contribution in [2.45, 2.75) is 44.1 Å². The SMILES string of the molecule is NC1(c2noc(-c3ccc(Br)o3)n2)CCCCCC1. The van der Waals surface area contributed by atoms with E-state index >= 15 is 0 Å². The minimum absolute atomic E-state index is 0.384. The third-order valence-corrected chi connectivity index (χ3v) is 4.08. The number of rotatable bonds is 2. The fourth-order valence-electron chi connectivity index (χ4n) is 2.54. The van der Waals surface area contributed by atoms with Crippen LogP contribution in [0, 0.1) is 0 Å². The average molecular weight is 326 g/mol. The van der Waals surface area contributed by atoms with Gasteiger partial charge in [-0.25, -0.2) is 0 Å². The monoisotopic (exact) mass is 325 g/mol. The molecule has 2 N–H and O–H groups in total. The molecule has 3 rings (SSSR count). The van der Waals surface area contributed by atoms with E-state index in [1.165, 1.54) is 12.8 Å². The summed E-state index contributed by atoms with van der Waals surface area (Å²) in [4.78, 5) is 4.41. The van der Waals surface area contributed by atoms with Gasteiger partial charge in [0.15, 0.2) is 16.3 Å². The largest absolute Gasteiger partial charge is 0.444 e. The highest BCUT2D eigenvalue weighted by molar-refractivity contribution is 9.10. The lowest BCUT2D eigenvalue weighted by Crippen LogP contribution is -2.37. The van der Waals surface area contributed by atoms with Crippen LogP contribution in [0.4, 0.5) is 0 Å². The summed E-state index contributed by atoms with van der Waals surface area (Å²) in [6.07, 6.45) is 6.52. The molecule has 0 unspecified atom stereocenters. The standard InChI is InChI=1S/C13H16BrN3O2/c14-10-6-5-9(18-10)11-16-12(17-19-11)13(15)7-3-1-2-4-8-13/h5-6H,1-4,7-8,15H2. The Balaban J connectivity index is 1.87. The molecule has 0 atom stereocenters. The molecule has 0 radical (unpaired) electrons. The van der Waals surface area contributed by atoms with Crippen molar-refractivity contribution in [3.63, 3.8) is 0 Å². The molecular weight excluding hydrogens is 310 g/mol. The number of aromatic nitrogens is 2. The Hall–Kier alpha value is -1.14. The van der Waals surface area contributed by atoms with Crippen LogP contribution in [0.2, 0.25) is 0 Å². The van der Waals surface area contributed by atoms with Gasteiger partial charge in [-0.15, -0.1) is 0 Å². The molecule has 6 heteroatoms. The normalized spacial score (nSPS) is 19.3. The van der Waals surface area contributed by atoms with Crippen molar-refractivity contribution in [3.05, 3.63) is 22.6 Å². The van der Waals surface area contributed by atoms with Crippen LogP contribution in [-0.4, -0.2) is 10.1 Å². The first-order valence-electron chi connectivity index (χ1n) is 6.56. The third-order valence-electron chi connectivity index (χ3n) is 3.65. The van der Waals surface area contributed by atoms with Gasteiger partial charge in [-0.1, -0.05) is 30.8 Å². The van der Waals surface area contributed by atoms with Gasteiger partial charge in [-0.2, -0.15) is 4.98 Å². The van der Waals surface area contributed by atoms with E-state index in [4.69, 9.17) is 14.7 Å². The number of nitrogens with zero attached hydrogens (tertiary/aromatic N) is 2. The molecule has 1 aliphatic carbocycles. The fraction of sp³-hybridized carbons (Fsp3) is 0.538. The minimum Gasteiger partial charge on any atom is -0.444 e. The fourth-order valence-corrected chi connectivity index (χ4v) is 2.84. The number of hydrogen-bond acceptors (Lipinski definition) is 5. The molecule has 19 heavy (non-hydrogen) atoms. The molecule has 2 aromatic heterocycles. The highest BCUT2D eigenvalue weighted by atomic mass is 79.9.